The summed E-state index contributed by atoms with van der Waals surface area (Å²) in [5.41, 5.74) is 0.0701. The Labute approximate surface area is 115 Å². The van der Waals surface area contributed by atoms with E-state index in [1.807, 2.05) is 0 Å². The van der Waals surface area contributed by atoms with Gasteiger partial charge in [-0.25, -0.2) is 4.39 Å². The van der Waals surface area contributed by atoms with Gasteiger partial charge in [-0.1, -0.05) is 11.6 Å². The molecule has 0 amide bonds. The van der Waals surface area contributed by atoms with Gasteiger partial charge in [0.05, 0.1) is 15.8 Å². The molecule has 5 heteroatoms. The molecule has 0 fully saturated rings. The Morgan fingerprint density at radius 2 is 2.06 bits per heavy atom. The molecule has 0 saturated heterocycles. The molecule has 0 aliphatic rings. The molecule has 0 aliphatic heterocycles. The van der Waals surface area contributed by atoms with E-state index in [4.69, 9.17) is 11.6 Å². The third kappa shape index (κ3) is 5.46. The highest BCUT2D eigenvalue weighted by molar-refractivity contribution is 7.85. The van der Waals surface area contributed by atoms with Crippen molar-refractivity contribution in [3.63, 3.8) is 0 Å². The summed E-state index contributed by atoms with van der Waals surface area (Å²) in [6, 6.07) is 4.21. The number of hydrogen-bond donors (Lipinski definition) is 1. The normalized spacial score (nSPS) is 13.6. The van der Waals surface area contributed by atoms with Crippen molar-refractivity contribution >= 4 is 22.4 Å². The second-order valence-electron chi connectivity index (χ2n) is 5.16. The minimum atomic E-state index is -1.12. The van der Waals surface area contributed by atoms with Gasteiger partial charge in [0, 0.05) is 16.2 Å². The van der Waals surface area contributed by atoms with E-state index in [2.05, 4.69) is 26.1 Å². The van der Waals surface area contributed by atoms with Crippen molar-refractivity contribution in [2.75, 3.05) is 12.3 Å². The Morgan fingerprint density at radius 3 is 2.61 bits per heavy atom. The fourth-order valence-corrected chi connectivity index (χ4v) is 2.76. The lowest BCUT2D eigenvalue weighted by Crippen LogP contribution is -2.36. The molecular formula is C13H19ClFNOS. The zero-order valence-corrected chi connectivity index (χ0v) is 12.5. The molecule has 0 bridgehead atoms. The van der Waals surface area contributed by atoms with E-state index in [-0.39, 0.29) is 10.6 Å². The summed E-state index contributed by atoms with van der Waals surface area (Å²) in [6.45, 7) is 7.07. The van der Waals surface area contributed by atoms with Gasteiger partial charge < -0.3 is 5.32 Å². The maximum Gasteiger partial charge on any atom is 0.141 e. The Morgan fingerprint density at radius 1 is 1.39 bits per heavy atom. The van der Waals surface area contributed by atoms with E-state index < -0.39 is 16.6 Å². The first kappa shape index (κ1) is 15.6. The van der Waals surface area contributed by atoms with Crippen LogP contribution in [-0.2, 0) is 10.8 Å². The maximum atomic E-state index is 13.0. The highest BCUT2D eigenvalue weighted by Crippen LogP contribution is 2.18. The third-order valence-corrected chi connectivity index (χ3v) is 4.04. The number of benzene rings is 1. The monoisotopic (exact) mass is 291 g/mol. The molecule has 1 unspecified atom stereocenters. The number of rotatable bonds is 5. The molecule has 0 saturated carbocycles. The lowest BCUT2D eigenvalue weighted by atomic mass is 10.1. The van der Waals surface area contributed by atoms with Crippen LogP contribution < -0.4 is 5.32 Å². The van der Waals surface area contributed by atoms with Crippen LogP contribution in [0.5, 0.6) is 0 Å². The van der Waals surface area contributed by atoms with Gasteiger partial charge in [0.25, 0.3) is 0 Å². The van der Waals surface area contributed by atoms with Gasteiger partial charge in [-0.05, 0) is 51.9 Å². The molecule has 1 rings (SSSR count). The minimum absolute atomic E-state index is 0.0219. The summed E-state index contributed by atoms with van der Waals surface area (Å²) >= 11 is 5.66. The van der Waals surface area contributed by atoms with Crippen molar-refractivity contribution in [3.8, 4) is 0 Å². The molecule has 102 valence electrons. The molecular weight excluding hydrogens is 273 g/mol. The molecule has 0 spiro atoms. The summed E-state index contributed by atoms with van der Waals surface area (Å²) in [4.78, 5) is 0.581. The van der Waals surface area contributed by atoms with Gasteiger partial charge in [-0.3, -0.25) is 4.21 Å². The zero-order valence-electron chi connectivity index (χ0n) is 10.9. The van der Waals surface area contributed by atoms with Gasteiger partial charge in [0.2, 0.25) is 0 Å². The Bertz CT molecular complexity index is 431. The van der Waals surface area contributed by atoms with Crippen LogP contribution in [0.1, 0.15) is 27.2 Å². The molecule has 1 atom stereocenters. The molecule has 2 nitrogen and oxygen atoms in total. The molecule has 1 N–H and O–H groups in total. The Balaban J connectivity index is 2.43. The summed E-state index contributed by atoms with van der Waals surface area (Å²) in [6.07, 6.45) is 0.804. The molecule has 1 aromatic rings. The van der Waals surface area contributed by atoms with Crippen LogP contribution in [0.2, 0.25) is 5.02 Å². The average Bonchev–Trinajstić information content (AvgIpc) is 2.26. The first-order valence-electron chi connectivity index (χ1n) is 5.88. The van der Waals surface area contributed by atoms with Crippen LogP contribution in [0, 0.1) is 5.82 Å². The van der Waals surface area contributed by atoms with Crippen molar-refractivity contribution in [1.82, 2.24) is 5.32 Å². The second kappa shape index (κ2) is 6.64. The predicted molar refractivity (Wildman–Crippen MR) is 75.1 cm³/mol. The van der Waals surface area contributed by atoms with Gasteiger partial charge in [0.15, 0.2) is 0 Å². The molecule has 18 heavy (non-hydrogen) atoms. The molecule has 1 aromatic carbocycles. The first-order valence-corrected chi connectivity index (χ1v) is 7.58. The van der Waals surface area contributed by atoms with Crippen LogP contribution in [-0.4, -0.2) is 22.0 Å². The SMILES string of the molecule is CC(C)(C)NCCCS(=O)c1ccc(F)c(Cl)c1. The first-order chi connectivity index (χ1) is 8.29. The smallest absolute Gasteiger partial charge is 0.141 e. The average molecular weight is 292 g/mol. The van der Waals surface area contributed by atoms with E-state index in [0.717, 1.165) is 13.0 Å². The van der Waals surface area contributed by atoms with Crippen molar-refractivity contribution in [3.05, 3.63) is 29.0 Å². The van der Waals surface area contributed by atoms with E-state index in [9.17, 15) is 8.60 Å². The fourth-order valence-electron chi connectivity index (χ4n) is 1.40. The molecule has 0 aromatic heterocycles. The highest BCUT2D eigenvalue weighted by Gasteiger charge is 2.10. The topological polar surface area (TPSA) is 29.1 Å². The van der Waals surface area contributed by atoms with Crippen molar-refractivity contribution < 1.29 is 8.60 Å². The number of hydrogen-bond acceptors (Lipinski definition) is 2. The van der Waals surface area contributed by atoms with Crippen molar-refractivity contribution in [2.24, 2.45) is 0 Å². The van der Waals surface area contributed by atoms with Crippen molar-refractivity contribution in [1.29, 1.82) is 0 Å². The lowest BCUT2D eigenvalue weighted by molar-refractivity contribution is 0.427. The summed E-state index contributed by atoms with van der Waals surface area (Å²) in [7, 11) is -1.12. The van der Waals surface area contributed by atoms with E-state index in [0.29, 0.717) is 10.6 Å². The maximum absolute atomic E-state index is 13.0. The highest BCUT2D eigenvalue weighted by atomic mass is 35.5. The Kier molecular flexibility index (Phi) is 5.76. The minimum Gasteiger partial charge on any atom is -0.312 e. The van der Waals surface area contributed by atoms with E-state index in [1.54, 1.807) is 0 Å². The van der Waals surface area contributed by atoms with Crippen LogP contribution in [0.3, 0.4) is 0 Å². The summed E-state index contributed by atoms with van der Waals surface area (Å²) < 4.78 is 24.9. The Hall–Kier alpha value is -0.450. The van der Waals surface area contributed by atoms with Gasteiger partial charge >= 0.3 is 0 Å². The van der Waals surface area contributed by atoms with E-state index >= 15 is 0 Å². The van der Waals surface area contributed by atoms with Crippen LogP contribution in [0.15, 0.2) is 23.1 Å². The summed E-state index contributed by atoms with van der Waals surface area (Å²) in [5.74, 6) is 0.0669. The second-order valence-corrected chi connectivity index (χ2v) is 7.13. The predicted octanol–water partition coefficient (Wildman–Crippen LogP) is 3.36. The van der Waals surface area contributed by atoms with Gasteiger partial charge in [0.1, 0.15) is 5.82 Å². The lowest BCUT2D eigenvalue weighted by Gasteiger charge is -2.20. The largest absolute Gasteiger partial charge is 0.312 e. The van der Waals surface area contributed by atoms with E-state index in [1.165, 1.54) is 18.2 Å². The zero-order chi connectivity index (χ0) is 13.8. The van der Waals surface area contributed by atoms with Crippen LogP contribution >= 0.6 is 11.6 Å². The van der Waals surface area contributed by atoms with Crippen LogP contribution in [0.4, 0.5) is 4.39 Å². The standard InChI is InChI=1S/C13H19ClFNOS/c1-13(2,3)16-7-4-8-18(17)10-5-6-12(15)11(14)9-10/h5-6,9,16H,4,7-8H2,1-3H3. The number of halogens is 2. The van der Waals surface area contributed by atoms with Crippen molar-refractivity contribution in [2.45, 2.75) is 37.6 Å². The van der Waals surface area contributed by atoms with Gasteiger partial charge in [-0.15, -0.1) is 0 Å². The molecule has 0 aliphatic carbocycles. The number of nitrogens with one attached hydrogen (secondary N) is 1. The third-order valence-electron chi connectivity index (χ3n) is 2.32. The summed E-state index contributed by atoms with van der Waals surface area (Å²) in [5, 5.41) is 3.35. The van der Waals surface area contributed by atoms with Crippen LogP contribution in [0.25, 0.3) is 0 Å². The fraction of sp³-hybridized carbons (Fsp3) is 0.538. The molecule has 0 heterocycles. The van der Waals surface area contributed by atoms with Gasteiger partial charge in [-0.2, -0.15) is 0 Å². The quantitative estimate of drug-likeness (QED) is 0.843. The molecule has 0 radical (unpaired) electrons.